The molecule has 0 saturated carbocycles. The number of hydrogen-bond acceptors (Lipinski definition) is 6. The molecule has 3 heterocycles. The lowest BCUT2D eigenvalue weighted by Gasteiger charge is -2.17. The van der Waals surface area contributed by atoms with Gasteiger partial charge >= 0.3 is 0 Å². The Hall–Kier alpha value is -4.86. The number of carbonyl (C=O) groups excluding carboxylic acids is 2. The van der Waals surface area contributed by atoms with Crippen molar-refractivity contribution in [2.45, 2.75) is 19.4 Å². The van der Waals surface area contributed by atoms with E-state index in [1.807, 2.05) is 22.8 Å². The highest BCUT2D eigenvalue weighted by Crippen LogP contribution is 2.25. The van der Waals surface area contributed by atoms with Gasteiger partial charge in [-0.05, 0) is 54.8 Å². The molecule has 1 aliphatic rings. The minimum absolute atomic E-state index is 0.0330. The van der Waals surface area contributed by atoms with Gasteiger partial charge in [0.05, 0.1) is 0 Å². The van der Waals surface area contributed by atoms with Gasteiger partial charge in [0, 0.05) is 41.7 Å². The van der Waals surface area contributed by atoms with Gasteiger partial charge in [0.2, 0.25) is 5.91 Å². The number of nitrogens with zero attached hydrogens (tertiary/aromatic N) is 4. The van der Waals surface area contributed by atoms with Crippen LogP contribution in [0.2, 0.25) is 0 Å². The first-order valence-electron chi connectivity index (χ1n) is 12.0. The average molecular weight is 498 g/mol. The standard InChI is InChI=1S/C27H27N7O3/c28-25(32-37)20-11-10-19-14-22(27(36)31-23-4-3-5-24(30-23)33-12-1-2-13-33)34(21(19)15-20)16-17-6-8-18(9-7-17)26(29)35/h3-11,14-15,37H,1-2,12-13,16H2,(H2,28,32)(H2,29,35)(H,30,31,36). The molecule has 1 saturated heterocycles. The van der Waals surface area contributed by atoms with Crippen LogP contribution in [0.25, 0.3) is 10.9 Å². The molecular weight excluding hydrogens is 470 g/mol. The summed E-state index contributed by atoms with van der Waals surface area (Å²) in [5.74, 6) is 0.448. The number of amidine groups is 1. The first-order valence-corrected chi connectivity index (χ1v) is 12.0. The van der Waals surface area contributed by atoms with Crippen LogP contribution in [0, 0.1) is 0 Å². The molecule has 37 heavy (non-hydrogen) atoms. The van der Waals surface area contributed by atoms with Gasteiger partial charge in [0.1, 0.15) is 17.3 Å². The highest BCUT2D eigenvalue weighted by molar-refractivity contribution is 6.07. The maximum atomic E-state index is 13.5. The second kappa shape index (κ2) is 10.0. The van der Waals surface area contributed by atoms with E-state index in [1.165, 1.54) is 0 Å². The van der Waals surface area contributed by atoms with Crippen LogP contribution in [0.1, 0.15) is 44.8 Å². The monoisotopic (exact) mass is 497 g/mol. The highest BCUT2D eigenvalue weighted by Gasteiger charge is 2.19. The maximum absolute atomic E-state index is 13.5. The smallest absolute Gasteiger partial charge is 0.273 e. The Balaban J connectivity index is 1.51. The van der Waals surface area contributed by atoms with Crippen molar-refractivity contribution >= 4 is 40.2 Å². The molecule has 6 N–H and O–H groups in total. The van der Waals surface area contributed by atoms with E-state index >= 15 is 0 Å². The van der Waals surface area contributed by atoms with Crippen molar-refractivity contribution in [2.75, 3.05) is 23.3 Å². The van der Waals surface area contributed by atoms with Crippen LogP contribution in [0.4, 0.5) is 11.6 Å². The van der Waals surface area contributed by atoms with E-state index in [9.17, 15) is 9.59 Å². The number of nitrogens with two attached hydrogens (primary N) is 2. The Kier molecular flexibility index (Phi) is 6.46. The van der Waals surface area contributed by atoms with E-state index < -0.39 is 5.91 Å². The Bertz CT molecular complexity index is 1500. The van der Waals surface area contributed by atoms with Gasteiger partial charge in [-0.25, -0.2) is 4.98 Å². The minimum atomic E-state index is -0.509. The number of nitrogens with one attached hydrogen (secondary N) is 1. The fraction of sp³-hybridized carbons (Fsp3) is 0.185. The second-order valence-corrected chi connectivity index (χ2v) is 8.97. The third-order valence-electron chi connectivity index (χ3n) is 6.53. The van der Waals surface area contributed by atoms with E-state index in [0.717, 1.165) is 48.2 Å². The van der Waals surface area contributed by atoms with Gasteiger partial charge in [-0.1, -0.05) is 35.5 Å². The van der Waals surface area contributed by atoms with Gasteiger partial charge < -0.3 is 31.5 Å². The zero-order valence-electron chi connectivity index (χ0n) is 20.1. The maximum Gasteiger partial charge on any atom is 0.273 e. The van der Waals surface area contributed by atoms with Gasteiger partial charge in [-0.3, -0.25) is 9.59 Å². The number of pyridine rings is 1. The molecule has 0 radical (unpaired) electrons. The van der Waals surface area contributed by atoms with Crippen molar-refractivity contribution in [2.24, 2.45) is 16.6 Å². The number of anilines is 2. The molecule has 10 nitrogen and oxygen atoms in total. The van der Waals surface area contributed by atoms with Crippen LogP contribution < -0.4 is 21.7 Å². The fourth-order valence-corrected chi connectivity index (χ4v) is 4.58. The third kappa shape index (κ3) is 4.94. The Morgan fingerprint density at radius 1 is 0.973 bits per heavy atom. The zero-order valence-corrected chi connectivity index (χ0v) is 20.1. The number of carbonyl (C=O) groups is 2. The molecule has 2 aromatic carbocycles. The summed E-state index contributed by atoms with van der Waals surface area (Å²) in [6, 6.07) is 19.6. The third-order valence-corrected chi connectivity index (χ3v) is 6.53. The largest absolute Gasteiger partial charge is 0.409 e. The normalized spacial score (nSPS) is 13.7. The summed E-state index contributed by atoms with van der Waals surface area (Å²) in [5.41, 5.74) is 14.1. The topological polar surface area (TPSA) is 152 Å². The molecule has 0 unspecified atom stereocenters. The van der Waals surface area contributed by atoms with Crippen LogP contribution in [0.15, 0.2) is 71.9 Å². The predicted molar refractivity (Wildman–Crippen MR) is 142 cm³/mol. The number of amides is 2. The van der Waals surface area contributed by atoms with E-state index in [0.29, 0.717) is 29.2 Å². The lowest BCUT2D eigenvalue weighted by atomic mass is 10.1. The quantitative estimate of drug-likeness (QED) is 0.133. The summed E-state index contributed by atoms with van der Waals surface area (Å²) in [6.45, 7) is 2.25. The van der Waals surface area contributed by atoms with Crippen LogP contribution in [0.5, 0.6) is 0 Å². The van der Waals surface area contributed by atoms with Gasteiger partial charge in [-0.15, -0.1) is 0 Å². The SMILES string of the molecule is NC(=O)c1ccc(Cn2c(C(=O)Nc3cccc(N4CCCC4)n3)cc3ccc(C(N)=NO)cc32)cc1. The van der Waals surface area contributed by atoms with E-state index in [4.69, 9.17) is 16.7 Å². The molecule has 0 bridgehead atoms. The highest BCUT2D eigenvalue weighted by atomic mass is 16.4. The van der Waals surface area contributed by atoms with Crippen molar-refractivity contribution in [1.82, 2.24) is 9.55 Å². The molecular formula is C27H27N7O3. The first kappa shape index (κ1) is 23.9. The average Bonchev–Trinajstić information content (AvgIpc) is 3.57. The summed E-state index contributed by atoms with van der Waals surface area (Å²) < 4.78 is 1.85. The van der Waals surface area contributed by atoms with Gasteiger partial charge in [0.25, 0.3) is 5.91 Å². The van der Waals surface area contributed by atoms with E-state index in [2.05, 4.69) is 20.4 Å². The van der Waals surface area contributed by atoms with Crippen molar-refractivity contribution < 1.29 is 14.8 Å². The summed E-state index contributed by atoms with van der Waals surface area (Å²) in [6.07, 6.45) is 2.26. The number of primary amides is 1. The van der Waals surface area contributed by atoms with Crippen LogP contribution in [-0.2, 0) is 6.54 Å². The zero-order chi connectivity index (χ0) is 25.9. The van der Waals surface area contributed by atoms with Crippen LogP contribution >= 0.6 is 0 Å². The van der Waals surface area contributed by atoms with Crippen molar-refractivity contribution in [1.29, 1.82) is 0 Å². The summed E-state index contributed by atoms with van der Waals surface area (Å²) >= 11 is 0. The molecule has 1 aliphatic heterocycles. The summed E-state index contributed by atoms with van der Waals surface area (Å²) in [4.78, 5) is 31.8. The molecule has 0 atom stereocenters. The summed E-state index contributed by atoms with van der Waals surface area (Å²) in [7, 11) is 0. The predicted octanol–water partition coefficient (Wildman–Crippen LogP) is 3.13. The van der Waals surface area contributed by atoms with E-state index in [1.54, 1.807) is 48.5 Å². The Morgan fingerprint density at radius 3 is 2.41 bits per heavy atom. The molecule has 2 amide bonds. The number of benzene rings is 2. The molecule has 2 aromatic heterocycles. The number of rotatable bonds is 7. The fourth-order valence-electron chi connectivity index (χ4n) is 4.58. The first-order chi connectivity index (χ1) is 17.9. The Labute approximate surface area is 213 Å². The lowest BCUT2D eigenvalue weighted by Crippen LogP contribution is -2.21. The molecule has 188 valence electrons. The molecule has 10 heteroatoms. The van der Waals surface area contributed by atoms with Crippen molar-refractivity contribution in [3.63, 3.8) is 0 Å². The second-order valence-electron chi connectivity index (χ2n) is 8.97. The molecule has 4 aromatic rings. The van der Waals surface area contributed by atoms with E-state index in [-0.39, 0.29) is 11.7 Å². The number of oxime groups is 1. The number of fused-ring (bicyclic) bond motifs is 1. The number of aromatic nitrogens is 2. The van der Waals surface area contributed by atoms with Crippen LogP contribution in [-0.4, -0.2) is 45.5 Å². The molecule has 0 spiro atoms. The van der Waals surface area contributed by atoms with Gasteiger partial charge in [0.15, 0.2) is 5.84 Å². The summed E-state index contributed by atoms with van der Waals surface area (Å²) in [5, 5.41) is 16.0. The van der Waals surface area contributed by atoms with Crippen LogP contribution in [0.3, 0.4) is 0 Å². The lowest BCUT2D eigenvalue weighted by molar-refractivity contribution is 0.0996. The number of hydrogen-bond donors (Lipinski definition) is 4. The van der Waals surface area contributed by atoms with Crippen molar-refractivity contribution in [3.05, 3.63) is 89.1 Å². The molecule has 0 aliphatic carbocycles. The molecule has 5 rings (SSSR count). The van der Waals surface area contributed by atoms with Crippen molar-refractivity contribution in [3.8, 4) is 0 Å². The Morgan fingerprint density at radius 2 is 1.70 bits per heavy atom. The molecule has 1 fully saturated rings. The minimum Gasteiger partial charge on any atom is -0.409 e. The van der Waals surface area contributed by atoms with Gasteiger partial charge in [-0.2, -0.15) is 0 Å².